The molecule has 0 aromatic rings. The van der Waals surface area contributed by atoms with Gasteiger partial charge < -0.3 is 43.3 Å². The third-order valence-electron chi connectivity index (χ3n) is 3.09. The zero-order valence-corrected chi connectivity index (χ0v) is 17.7. The predicted octanol–water partition coefficient (Wildman–Crippen LogP) is 3.82. The van der Waals surface area contributed by atoms with E-state index < -0.39 is 5.54 Å². The molecule has 0 aliphatic carbocycles. The van der Waals surface area contributed by atoms with Crippen molar-refractivity contribution in [1.29, 1.82) is 0 Å². The van der Waals surface area contributed by atoms with E-state index in [0.29, 0.717) is 11.4 Å². The Labute approximate surface area is 178 Å². The van der Waals surface area contributed by atoms with Gasteiger partial charge in [-0.2, -0.15) is 11.7 Å². The number of nitrogens with one attached hydrogen (secondary N) is 1. The van der Waals surface area contributed by atoms with Gasteiger partial charge in [0.1, 0.15) is 11.4 Å². The molecule has 0 saturated heterocycles. The minimum Gasteiger partial charge on any atom is -0.687 e. The van der Waals surface area contributed by atoms with Gasteiger partial charge in [-0.15, -0.1) is 29.3 Å². The standard InChI is InChI=1S/C6H9Cl2N2O2.C5H6N.C4H8N2O2.Co/c1-4(9-11)6(2,10-12)5(8)3-7;1-2-4-6-5-3-1;1-3(5-7)4(2)6-8;/h10-12H,1-2H3;1-4H,5H2;7-8H,1-2H3;/q2*-1;;+3. The zero-order valence-electron chi connectivity index (χ0n) is 15.2. The van der Waals surface area contributed by atoms with Crippen LogP contribution in [0.3, 0.4) is 0 Å². The molecule has 1 aliphatic rings. The smallest absolute Gasteiger partial charge is 0.687 e. The Balaban J connectivity index is -0.000000333. The van der Waals surface area contributed by atoms with Crippen LogP contribution in [0.2, 0.25) is 0 Å². The van der Waals surface area contributed by atoms with Crippen molar-refractivity contribution in [3.8, 4) is 0 Å². The summed E-state index contributed by atoms with van der Waals surface area (Å²) < 4.78 is 0. The van der Waals surface area contributed by atoms with E-state index in [2.05, 4.69) is 26.3 Å². The van der Waals surface area contributed by atoms with E-state index in [1.165, 1.54) is 27.7 Å². The molecular weight excluding hydrogens is 444 g/mol. The molecule has 1 aliphatic heterocycles. The summed E-state index contributed by atoms with van der Waals surface area (Å²) in [5, 5.41) is 45.6. The van der Waals surface area contributed by atoms with Gasteiger partial charge >= 0.3 is 16.8 Å². The van der Waals surface area contributed by atoms with Gasteiger partial charge in [-0.1, -0.05) is 27.6 Å². The Morgan fingerprint density at radius 1 is 1.11 bits per heavy atom. The molecule has 9 nitrogen and oxygen atoms in total. The maximum absolute atomic E-state index is 8.74. The number of nitrogens with zero attached hydrogens (tertiary/aromatic N) is 4. The van der Waals surface area contributed by atoms with E-state index in [1.54, 1.807) is 6.20 Å². The first kappa shape index (κ1) is 30.2. The molecule has 0 aromatic carbocycles. The maximum atomic E-state index is 8.74. The average molecular weight is 467 g/mol. The van der Waals surface area contributed by atoms with E-state index in [1.807, 2.05) is 23.7 Å². The Bertz CT molecular complexity index is 547. The van der Waals surface area contributed by atoms with Gasteiger partial charge in [-0.25, -0.2) is 0 Å². The first-order chi connectivity index (χ1) is 12.2. The van der Waals surface area contributed by atoms with Crippen LogP contribution >= 0.6 is 23.2 Å². The molecule has 1 rings (SSSR count). The summed E-state index contributed by atoms with van der Waals surface area (Å²) in [5.74, 6) is 0. The van der Waals surface area contributed by atoms with Gasteiger partial charge in [-0.05, 0) is 27.7 Å². The Morgan fingerprint density at radius 2 is 1.63 bits per heavy atom. The molecular formula is C15H23Cl2CoN5O4+. The summed E-state index contributed by atoms with van der Waals surface area (Å²) in [6.45, 7) is 6.89. The van der Waals surface area contributed by atoms with E-state index in [-0.39, 0.29) is 27.5 Å². The molecule has 0 aromatic heterocycles. The molecule has 0 amide bonds. The Hall–Kier alpha value is -1.56. The second kappa shape index (κ2) is 17.8. The van der Waals surface area contributed by atoms with Crippen LogP contribution in [0.25, 0.3) is 5.32 Å². The monoisotopic (exact) mass is 466 g/mol. The maximum Gasteiger partial charge on any atom is 3.00 e. The molecule has 154 valence electrons. The number of hydroxylamine groups is 1. The van der Waals surface area contributed by atoms with Gasteiger partial charge in [0, 0.05) is 0 Å². The quantitative estimate of drug-likeness (QED) is 0.185. The number of rotatable bonds is 4. The molecule has 0 spiro atoms. The van der Waals surface area contributed by atoms with Crippen LogP contribution in [0.4, 0.5) is 0 Å². The van der Waals surface area contributed by atoms with Gasteiger partial charge in [0.15, 0.2) is 0 Å². The van der Waals surface area contributed by atoms with Gasteiger partial charge in [0.05, 0.1) is 11.3 Å². The number of oxime groups is 3. The van der Waals surface area contributed by atoms with E-state index in [0.717, 1.165) is 6.54 Å². The molecule has 1 atom stereocenters. The number of hydrogen-bond donors (Lipinski definition) is 5. The Kier molecular flexibility index (Phi) is 19.9. The molecule has 5 N–H and O–H groups in total. The van der Waals surface area contributed by atoms with Crippen LogP contribution in [-0.2, 0) is 16.8 Å². The number of hydrogen-bond acceptors (Lipinski definition) is 8. The van der Waals surface area contributed by atoms with Crippen LogP contribution < -0.4 is 5.48 Å². The molecule has 1 heterocycles. The van der Waals surface area contributed by atoms with E-state index in [9.17, 15) is 0 Å². The molecule has 0 saturated carbocycles. The van der Waals surface area contributed by atoms with Crippen molar-refractivity contribution in [2.45, 2.75) is 33.2 Å². The SMILES string of the molecule is C1=CC[N-]C=C1.CC(=NO)C(C)(NO)C(Cl)=[C-]Cl.CC(=NO)C(C)=NO.[Co+3]. The van der Waals surface area contributed by atoms with Crippen LogP contribution in [-0.4, -0.2) is 50.0 Å². The molecule has 1 unspecified atom stereocenters. The second-order valence-electron chi connectivity index (χ2n) is 4.84. The first-order valence-corrected chi connectivity index (χ1v) is 7.86. The largest absolute Gasteiger partial charge is 3.00 e. The summed E-state index contributed by atoms with van der Waals surface area (Å²) in [7, 11) is 0. The summed E-state index contributed by atoms with van der Waals surface area (Å²) >= 11 is 10.8. The van der Waals surface area contributed by atoms with Crippen LogP contribution in [0, 0.1) is 5.54 Å². The van der Waals surface area contributed by atoms with Crippen LogP contribution in [0.1, 0.15) is 27.7 Å². The minimum atomic E-state index is -1.20. The third-order valence-corrected chi connectivity index (χ3v) is 3.85. The minimum absolute atomic E-state index is 0. The zero-order chi connectivity index (χ0) is 20.6. The molecule has 0 bridgehead atoms. The second-order valence-corrected chi connectivity index (χ2v) is 5.40. The van der Waals surface area contributed by atoms with Crippen molar-refractivity contribution in [2.75, 3.05) is 6.54 Å². The summed E-state index contributed by atoms with van der Waals surface area (Å²) in [6.07, 6.45) is 7.73. The van der Waals surface area contributed by atoms with Crippen molar-refractivity contribution in [3.63, 3.8) is 0 Å². The van der Waals surface area contributed by atoms with Crippen molar-refractivity contribution in [2.24, 2.45) is 15.5 Å². The summed E-state index contributed by atoms with van der Waals surface area (Å²) in [6, 6.07) is 0. The fraction of sp³-hybridized carbons (Fsp3) is 0.400. The van der Waals surface area contributed by atoms with E-state index >= 15 is 0 Å². The number of halogens is 2. The fourth-order valence-corrected chi connectivity index (χ4v) is 1.37. The Morgan fingerprint density at radius 3 is 1.81 bits per heavy atom. The van der Waals surface area contributed by atoms with E-state index in [4.69, 9.17) is 44.0 Å². The van der Waals surface area contributed by atoms with Crippen LogP contribution in [0.5, 0.6) is 0 Å². The topological polar surface area (TPSA) is 144 Å². The van der Waals surface area contributed by atoms with Crippen molar-refractivity contribution >= 4 is 40.3 Å². The summed E-state index contributed by atoms with van der Waals surface area (Å²) in [5.41, 5.74) is 3.58. The number of allylic oxidation sites excluding steroid dienone is 2. The average Bonchev–Trinajstić information content (AvgIpc) is 2.72. The van der Waals surface area contributed by atoms with Crippen molar-refractivity contribution in [1.82, 2.24) is 5.48 Å². The fourth-order valence-electron chi connectivity index (χ4n) is 1.000. The molecule has 0 fully saturated rings. The first-order valence-electron chi connectivity index (χ1n) is 7.11. The van der Waals surface area contributed by atoms with Crippen molar-refractivity contribution < 1.29 is 37.6 Å². The third kappa shape index (κ3) is 12.4. The van der Waals surface area contributed by atoms with Gasteiger partial charge in [-0.3, -0.25) is 0 Å². The molecule has 27 heavy (non-hydrogen) atoms. The summed E-state index contributed by atoms with van der Waals surface area (Å²) in [4.78, 5) is 0. The normalized spacial score (nSPS) is 16.6. The van der Waals surface area contributed by atoms with Crippen molar-refractivity contribution in [3.05, 3.63) is 40.3 Å². The van der Waals surface area contributed by atoms with Gasteiger partial charge in [0.2, 0.25) is 0 Å². The van der Waals surface area contributed by atoms with Crippen LogP contribution in [0.15, 0.2) is 44.9 Å². The molecule has 12 heteroatoms. The predicted molar refractivity (Wildman–Crippen MR) is 103 cm³/mol. The van der Waals surface area contributed by atoms with Gasteiger partial charge in [0.25, 0.3) is 0 Å². The molecule has 0 radical (unpaired) electrons.